The van der Waals surface area contributed by atoms with E-state index in [0.29, 0.717) is 6.42 Å². The monoisotopic (exact) mass is 207 g/mol. The van der Waals surface area contributed by atoms with Crippen molar-refractivity contribution in [2.24, 2.45) is 5.41 Å². The van der Waals surface area contributed by atoms with Gasteiger partial charge in [-0.2, -0.15) is 0 Å². The van der Waals surface area contributed by atoms with Crippen molar-refractivity contribution in [1.29, 1.82) is 0 Å². The molecule has 5 heteroatoms. The minimum Gasteiger partial charge on any atom is -0.450 e. The third kappa shape index (κ3) is 1.67. The molecule has 0 radical (unpaired) electrons. The fourth-order valence-electron chi connectivity index (χ4n) is 1.28. The van der Waals surface area contributed by atoms with Crippen molar-refractivity contribution in [2.75, 3.05) is 6.61 Å². The molecule has 1 N–H and O–H groups in total. The van der Waals surface area contributed by atoms with E-state index in [9.17, 15) is 13.6 Å². The van der Waals surface area contributed by atoms with Gasteiger partial charge < -0.3 is 10.1 Å². The van der Waals surface area contributed by atoms with E-state index in [0.717, 1.165) is 0 Å². The Morgan fingerprint density at radius 3 is 2.36 bits per heavy atom. The lowest BCUT2D eigenvalue weighted by molar-refractivity contribution is 0.0687. The first-order valence-electron chi connectivity index (χ1n) is 4.65. The fraction of sp³-hybridized carbons (Fsp3) is 0.889. The molecule has 1 saturated carbocycles. The van der Waals surface area contributed by atoms with E-state index in [4.69, 9.17) is 0 Å². The van der Waals surface area contributed by atoms with E-state index >= 15 is 0 Å². The van der Waals surface area contributed by atoms with E-state index in [1.165, 1.54) is 13.8 Å². The molecule has 1 rings (SSSR count). The Labute approximate surface area is 81.8 Å². The predicted octanol–water partition coefficient (Wildman–Crippen LogP) is 2.17. The predicted molar refractivity (Wildman–Crippen MR) is 47.3 cm³/mol. The van der Waals surface area contributed by atoms with Gasteiger partial charge in [0.1, 0.15) is 6.04 Å². The normalized spacial score (nSPS) is 26.8. The van der Waals surface area contributed by atoms with Crippen LogP contribution in [0.1, 0.15) is 27.2 Å². The summed E-state index contributed by atoms with van der Waals surface area (Å²) in [7, 11) is 0. The van der Waals surface area contributed by atoms with Crippen LogP contribution in [-0.2, 0) is 4.74 Å². The topological polar surface area (TPSA) is 38.3 Å². The quantitative estimate of drug-likeness (QED) is 0.770. The maximum absolute atomic E-state index is 13.0. The molecule has 0 aromatic rings. The molecule has 0 aromatic carbocycles. The Morgan fingerprint density at radius 2 is 2.00 bits per heavy atom. The van der Waals surface area contributed by atoms with Crippen molar-refractivity contribution in [3.05, 3.63) is 0 Å². The first-order chi connectivity index (χ1) is 6.34. The van der Waals surface area contributed by atoms with Crippen molar-refractivity contribution in [1.82, 2.24) is 5.32 Å². The Kier molecular flexibility index (Phi) is 2.69. The van der Waals surface area contributed by atoms with Gasteiger partial charge in [0, 0.05) is 0 Å². The number of nitrogens with one attached hydrogen (secondary N) is 1. The first-order valence-corrected chi connectivity index (χ1v) is 4.65. The van der Waals surface area contributed by atoms with Gasteiger partial charge in [-0.15, -0.1) is 0 Å². The van der Waals surface area contributed by atoms with Crippen LogP contribution in [0.15, 0.2) is 0 Å². The summed E-state index contributed by atoms with van der Waals surface area (Å²) in [6.07, 6.45) is -0.0835. The molecule has 1 atom stereocenters. The van der Waals surface area contributed by atoms with Gasteiger partial charge in [0.25, 0.3) is 5.92 Å². The second kappa shape index (κ2) is 3.37. The number of ether oxygens (including phenoxy) is 1. The highest BCUT2D eigenvalue weighted by Crippen LogP contribution is 2.59. The number of amides is 1. The third-order valence-corrected chi connectivity index (χ3v) is 2.56. The Morgan fingerprint density at radius 1 is 1.50 bits per heavy atom. The van der Waals surface area contributed by atoms with Crippen molar-refractivity contribution in [2.45, 2.75) is 39.2 Å². The number of carbonyl (C=O) groups excluding carboxylic acids is 1. The molecule has 0 spiro atoms. The molecule has 1 aliphatic carbocycles. The van der Waals surface area contributed by atoms with Gasteiger partial charge in [0.05, 0.1) is 12.0 Å². The molecule has 14 heavy (non-hydrogen) atoms. The number of hydrogen-bond acceptors (Lipinski definition) is 2. The highest BCUT2D eigenvalue weighted by Gasteiger charge is 2.76. The van der Waals surface area contributed by atoms with Crippen LogP contribution in [0.3, 0.4) is 0 Å². The Bertz CT molecular complexity index is 227. The van der Waals surface area contributed by atoms with Crippen LogP contribution in [-0.4, -0.2) is 24.7 Å². The van der Waals surface area contributed by atoms with Crippen LogP contribution in [0.5, 0.6) is 0 Å². The second-order valence-electron chi connectivity index (χ2n) is 4.06. The molecule has 0 saturated heterocycles. The zero-order valence-electron chi connectivity index (χ0n) is 8.56. The largest absolute Gasteiger partial charge is 0.450 e. The number of alkyl carbamates (subject to hydrolysis) is 1. The van der Waals surface area contributed by atoms with Gasteiger partial charge in [0.15, 0.2) is 0 Å². The highest BCUT2D eigenvalue weighted by atomic mass is 19.3. The molecular formula is C9H15F2NO2. The smallest absolute Gasteiger partial charge is 0.407 e. The lowest BCUT2D eigenvalue weighted by atomic mass is 10.2. The van der Waals surface area contributed by atoms with E-state index in [2.05, 4.69) is 10.1 Å². The summed E-state index contributed by atoms with van der Waals surface area (Å²) >= 11 is 0. The van der Waals surface area contributed by atoms with Crippen LogP contribution in [0, 0.1) is 5.41 Å². The zero-order chi connectivity index (χ0) is 11.0. The molecule has 1 fully saturated rings. The summed E-state index contributed by atoms with van der Waals surface area (Å²) in [5, 5.41) is 2.16. The first kappa shape index (κ1) is 11.2. The maximum atomic E-state index is 13.0. The number of hydrogen-bond donors (Lipinski definition) is 1. The number of halogens is 2. The summed E-state index contributed by atoms with van der Waals surface area (Å²) in [4.78, 5) is 11.0. The molecule has 82 valence electrons. The zero-order valence-corrected chi connectivity index (χ0v) is 8.56. The lowest BCUT2D eigenvalue weighted by Crippen LogP contribution is -2.31. The highest BCUT2D eigenvalue weighted by molar-refractivity contribution is 5.68. The summed E-state index contributed by atoms with van der Waals surface area (Å²) in [5.74, 6) is -2.82. The number of rotatable bonds is 3. The Balaban J connectivity index is 2.37. The van der Waals surface area contributed by atoms with Crippen molar-refractivity contribution >= 4 is 6.09 Å². The SMILES string of the molecule is CCCOC(=O)NC1C(C)(C)C1(F)F. The minimum atomic E-state index is -2.82. The molecule has 1 amide bonds. The van der Waals surface area contributed by atoms with Gasteiger partial charge in [-0.05, 0) is 6.42 Å². The molecule has 3 nitrogen and oxygen atoms in total. The average Bonchev–Trinajstić information content (AvgIpc) is 2.44. The number of alkyl halides is 2. The van der Waals surface area contributed by atoms with Crippen molar-refractivity contribution in [3.8, 4) is 0 Å². The average molecular weight is 207 g/mol. The van der Waals surface area contributed by atoms with Crippen LogP contribution >= 0.6 is 0 Å². The third-order valence-electron chi connectivity index (χ3n) is 2.56. The number of carbonyl (C=O) groups is 1. The van der Waals surface area contributed by atoms with E-state index in [-0.39, 0.29) is 6.61 Å². The molecule has 1 aliphatic rings. The summed E-state index contributed by atoms with van der Waals surface area (Å²) < 4.78 is 30.6. The van der Waals surface area contributed by atoms with Gasteiger partial charge >= 0.3 is 6.09 Å². The van der Waals surface area contributed by atoms with Crippen LogP contribution in [0.4, 0.5) is 13.6 Å². The van der Waals surface area contributed by atoms with Crippen molar-refractivity contribution in [3.63, 3.8) is 0 Å². The summed E-state index contributed by atoms with van der Waals surface area (Å²) in [5.41, 5.74) is -1.15. The molecule has 1 unspecified atom stereocenters. The minimum absolute atomic E-state index is 0.255. The lowest BCUT2D eigenvalue weighted by Gasteiger charge is -2.05. The van der Waals surface area contributed by atoms with Gasteiger partial charge in [0.2, 0.25) is 0 Å². The summed E-state index contributed by atoms with van der Waals surface area (Å²) in [6, 6.07) is -1.10. The van der Waals surface area contributed by atoms with Crippen LogP contribution in [0.25, 0.3) is 0 Å². The van der Waals surface area contributed by atoms with Gasteiger partial charge in [-0.1, -0.05) is 20.8 Å². The molecule has 0 heterocycles. The van der Waals surface area contributed by atoms with Crippen LogP contribution < -0.4 is 5.32 Å². The van der Waals surface area contributed by atoms with Gasteiger partial charge in [-0.25, -0.2) is 13.6 Å². The van der Waals surface area contributed by atoms with E-state index in [1.54, 1.807) is 0 Å². The van der Waals surface area contributed by atoms with E-state index in [1.807, 2.05) is 6.92 Å². The molecule has 0 bridgehead atoms. The van der Waals surface area contributed by atoms with E-state index < -0.39 is 23.5 Å². The standard InChI is InChI=1S/C9H15F2NO2/c1-4-5-14-7(13)12-6-8(2,3)9(6,10)11/h6H,4-5H2,1-3H3,(H,12,13). The Hall–Kier alpha value is -0.870. The second-order valence-corrected chi connectivity index (χ2v) is 4.06. The van der Waals surface area contributed by atoms with Crippen LogP contribution in [0.2, 0.25) is 0 Å². The molecule has 0 aliphatic heterocycles. The molecule has 0 aromatic heterocycles. The van der Waals surface area contributed by atoms with Gasteiger partial charge in [-0.3, -0.25) is 0 Å². The maximum Gasteiger partial charge on any atom is 0.407 e. The molecular weight excluding hydrogens is 192 g/mol. The summed E-state index contributed by atoms with van der Waals surface area (Å²) in [6.45, 7) is 4.92. The fourth-order valence-corrected chi connectivity index (χ4v) is 1.28. The van der Waals surface area contributed by atoms with Crippen molar-refractivity contribution < 1.29 is 18.3 Å².